The van der Waals surface area contributed by atoms with Gasteiger partial charge in [-0.2, -0.15) is 0 Å². The Morgan fingerprint density at radius 2 is 2.03 bits per heavy atom. The van der Waals surface area contributed by atoms with Gasteiger partial charge >= 0.3 is 5.97 Å². The molecule has 0 amide bonds. The minimum Gasteiger partial charge on any atom is -0.481 e. The summed E-state index contributed by atoms with van der Waals surface area (Å²) in [6, 6.07) is 10.1. The molecule has 29 heavy (non-hydrogen) atoms. The second-order valence-corrected chi connectivity index (χ2v) is 7.60. The molecule has 0 radical (unpaired) electrons. The van der Waals surface area contributed by atoms with Crippen LogP contribution in [0.1, 0.15) is 30.2 Å². The highest BCUT2D eigenvalue weighted by molar-refractivity contribution is 7.10. The molecule has 2 aliphatic heterocycles. The second kappa shape index (κ2) is 11.0. The number of ether oxygens (including phenoxy) is 3. The highest BCUT2D eigenvalue weighted by atomic mass is 32.1. The standard InChI is InChI=1S/C18H21NO3S.C2H4O4/c1-2-10-19(9-1)11-8-14(17-7-4-12-23-17)22-16-6-3-5-15-18(16)21-13-20-15;3-2(4)1-6-5/h3-7,12,14H,1-2,8-11,13H2;5H,1H2,(H,3,4). The van der Waals surface area contributed by atoms with Gasteiger partial charge in [0.05, 0.1) is 0 Å². The third-order valence-corrected chi connectivity index (χ3v) is 5.55. The number of carboxylic acids is 1. The van der Waals surface area contributed by atoms with Crippen molar-refractivity contribution in [2.45, 2.75) is 25.4 Å². The zero-order chi connectivity index (χ0) is 20.5. The number of aliphatic carboxylic acids is 1. The van der Waals surface area contributed by atoms with Crippen LogP contribution in [0.25, 0.3) is 0 Å². The Hall–Kier alpha value is -2.33. The second-order valence-electron chi connectivity index (χ2n) is 6.62. The fraction of sp³-hybridized carbons (Fsp3) is 0.450. The Morgan fingerprint density at radius 3 is 2.69 bits per heavy atom. The smallest absolute Gasteiger partial charge is 0.333 e. The molecule has 158 valence electrons. The molecule has 0 bridgehead atoms. The van der Waals surface area contributed by atoms with E-state index in [4.69, 9.17) is 24.6 Å². The summed E-state index contributed by atoms with van der Waals surface area (Å²) in [7, 11) is 0. The van der Waals surface area contributed by atoms with Crippen LogP contribution in [0.2, 0.25) is 0 Å². The van der Waals surface area contributed by atoms with Crippen molar-refractivity contribution in [3.63, 3.8) is 0 Å². The van der Waals surface area contributed by atoms with E-state index in [0.717, 1.165) is 30.2 Å². The van der Waals surface area contributed by atoms with E-state index in [1.54, 1.807) is 11.3 Å². The quantitative estimate of drug-likeness (QED) is 0.491. The van der Waals surface area contributed by atoms with Crippen molar-refractivity contribution in [1.29, 1.82) is 0 Å². The molecule has 3 heterocycles. The summed E-state index contributed by atoms with van der Waals surface area (Å²) in [5.41, 5.74) is 0. The van der Waals surface area contributed by atoms with Crippen LogP contribution < -0.4 is 14.2 Å². The molecular formula is C20H25NO7S. The molecule has 1 aromatic heterocycles. The third kappa shape index (κ3) is 6.33. The van der Waals surface area contributed by atoms with Crippen LogP contribution in [0, 0.1) is 0 Å². The third-order valence-electron chi connectivity index (χ3n) is 4.58. The molecule has 9 heteroatoms. The summed E-state index contributed by atoms with van der Waals surface area (Å²) in [4.78, 5) is 16.3. The molecule has 4 rings (SSSR count). The maximum absolute atomic E-state index is 9.31. The predicted octanol–water partition coefficient (Wildman–Crippen LogP) is 3.64. The first-order valence-electron chi connectivity index (χ1n) is 9.46. The predicted molar refractivity (Wildman–Crippen MR) is 107 cm³/mol. The van der Waals surface area contributed by atoms with Crippen LogP contribution >= 0.6 is 11.3 Å². The van der Waals surface area contributed by atoms with E-state index in [2.05, 4.69) is 27.3 Å². The number of carbonyl (C=O) groups is 1. The number of rotatable bonds is 8. The van der Waals surface area contributed by atoms with E-state index >= 15 is 0 Å². The topological polar surface area (TPSA) is 97.7 Å². The summed E-state index contributed by atoms with van der Waals surface area (Å²) in [6.45, 7) is 3.13. The molecule has 2 aromatic rings. The first kappa shape index (κ1) is 21.4. The van der Waals surface area contributed by atoms with Crippen molar-refractivity contribution in [3.8, 4) is 17.2 Å². The lowest BCUT2D eigenvalue weighted by molar-refractivity contribution is -0.243. The first-order valence-corrected chi connectivity index (χ1v) is 10.3. The van der Waals surface area contributed by atoms with Gasteiger partial charge in [-0.25, -0.2) is 9.68 Å². The number of thiophene rings is 1. The summed E-state index contributed by atoms with van der Waals surface area (Å²) >= 11 is 1.75. The normalized spacial score (nSPS) is 16.2. The van der Waals surface area contributed by atoms with Crippen molar-refractivity contribution in [1.82, 2.24) is 4.90 Å². The average molecular weight is 423 g/mol. The number of carboxylic acid groups (broad SMARTS) is 1. The fourth-order valence-electron chi connectivity index (χ4n) is 3.24. The van der Waals surface area contributed by atoms with Gasteiger partial charge in [0.15, 0.2) is 18.1 Å². The molecule has 1 atom stereocenters. The Labute approximate surface area is 173 Å². The minimum absolute atomic E-state index is 0.0614. The van der Waals surface area contributed by atoms with Crippen LogP contribution in [-0.2, 0) is 9.68 Å². The molecule has 0 aliphatic carbocycles. The van der Waals surface area contributed by atoms with Crippen molar-refractivity contribution in [2.24, 2.45) is 0 Å². The zero-order valence-corrected chi connectivity index (χ0v) is 16.8. The number of nitrogens with zero attached hydrogens (tertiary/aromatic N) is 1. The maximum atomic E-state index is 9.31. The monoisotopic (exact) mass is 423 g/mol. The van der Waals surface area contributed by atoms with Crippen LogP contribution in [-0.4, -0.2) is 54.3 Å². The highest BCUT2D eigenvalue weighted by Gasteiger charge is 2.23. The number of hydrogen-bond donors (Lipinski definition) is 2. The lowest BCUT2D eigenvalue weighted by Crippen LogP contribution is -2.23. The van der Waals surface area contributed by atoms with Gasteiger partial charge in [-0.1, -0.05) is 12.1 Å². The molecular weight excluding hydrogens is 398 g/mol. The van der Waals surface area contributed by atoms with E-state index in [0.29, 0.717) is 0 Å². The van der Waals surface area contributed by atoms with Crippen molar-refractivity contribution >= 4 is 17.3 Å². The van der Waals surface area contributed by atoms with Gasteiger partial charge in [0.2, 0.25) is 12.5 Å². The van der Waals surface area contributed by atoms with Gasteiger partial charge in [-0.3, -0.25) is 5.26 Å². The Morgan fingerprint density at radius 1 is 1.21 bits per heavy atom. The number of para-hydroxylation sites is 1. The Balaban J connectivity index is 0.000000353. The summed E-state index contributed by atoms with van der Waals surface area (Å²) in [5.74, 6) is 1.10. The lowest BCUT2D eigenvalue weighted by atomic mass is 10.2. The SMILES string of the molecule is O=C(O)COO.c1csc(C(CCN2CCCC2)Oc2cccc3c2OCO3)c1. The Bertz CT molecular complexity index is 762. The summed E-state index contributed by atoms with van der Waals surface area (Å²) < 4.78 is 17.4. The maximum Gasteiger partial charge on any atom is 0.333 e. The molecule has 1 aromatic carbocycles. The van der Waals surface area contributed by atoms with Crippen molar-refractivity contribution < 1.29 is 34.3 Å². The fourth-order valence-corrected chi connectivity index (χ4v) is 4.03. The molecule has 1 fully saturated rings. The molecule has 0 saturated carbocycles. The van der Waals surface area contributed by atoms with Crippen LogP contribution in [0.15, 0.2) is 35.7 Å². The van der Waals surface area contributed by atoms with E-state index in [9.17, 15) is 4.79 Å². The van der Waals surface area contributed by atoms with Gasteiger partial charge in [0.25, 0.3) is 0 Å². The molecule has 2 aliphatic rings. The number of likely N-dealkylation sites (tertiary alicyclic amines) is 1. The van der Waals surface area contributed by atoms with Gasteiger partial charge in [0, 0.05) is 17.8 Å². The van der Waals surface area contributed by atoms with E-state index < -0.39 is 12.6 Å². The molecule has 1 unspecified atom stereocenters. The minimum atomic E-state index is -1.18. The largest absolute Gasteiger partial charge is 0.481 e. The van der Waals surface area contributed by atoms with Crippen molar-refractivity contribution in [3.05, 3.63) is 40.6 Å². The lowest BCUT2D eigenvalue weighted by Gasteiger charge is -2.22. The first-order chi connectivity index (χ1) is 14.2. The molecule has 0 spiro atoms. The van der Waals surface area contributed by atoms with E-state index in [1.165, 1.54) is 30.8 Å². The Kier molecular flexibility index (Phi) is 8.12. The van der Waals surface area contributed by atoms with Crippen molar-refractivity contribution in [2.75, 3.05) is 33.0 Å². The van der Waals surface area contributed by atoms with Gasteiger partial charge < -0.3 is 24.2 Å². The highest BCUT2D eigenvalue weighted by Crippen LogP contribution is 2.43. The van der Waals surface area contributed by atoms with Crippen LogP contribution in [0.3, 0.4) is 0 Å². The summed E-state index contributed by atoms with van der Waals surface area (Å²) in [5, 5.41) is 17.1. The number of hydrogen-bond acceptors (Lipinski definition) is 8. The molecule has 8 nitrogen and oxygen atoms in total. The molecule has 2 N–H and O–H groups in total. The van der Waals surface area contributed by atoms with E-state index in [-0.39, 0.29) is 12.9 Å². The van der Waals surface area contributed by atoms with Gasteiger partial charge in [-0.15, -0.1) is 11.3 Å². The zero-order valence-electron chi connectivity index (χ0n) is 16.0. The van der Waals surface area contributed by atoms with Crippen LogP contribution in [0.4, 0.5) is 0 Å². The van der Waals surface area contributed by atoms with E-state index in [1.807, 2.05) is 18.2 Å². The average Bonchev–Trinajstić information content (AvgIpc) is 3.48. The van der Waals surface area contributed by atoms with Gasteiger partial charge in [0.1, 0.15) is 6.10 Å². The number of fused-ring (bicyclic) bond motifs is 1. The summed E-state index contributed by atoms with van der Waals surface area (Å²) in [6.07, 6.45) is 3.70. The van der Waals surface area contributed by atoms with Crippen LogP contribution in [0.5, 0.6) is 17.2 Å². The van der Waals surface area contributed by atoms with Gasteiger partial charge in [-0.05, 0) is 49.5 Å². The number of benzene rings is 1. The molecule has 1 saturated heterocycles.